The number of ether oxygens (including phenoxy) is 1. The largest absolute Gasteiger partial charge is 0.493 e. The Labute approximate surface area is 297 Å². The van der Waals surface area contributed by atoms with Gasteiger partial charge in [-0.3, -0.25) is 0 Å². The van der Waals surface area contributed by atoms with Gasteiger partial charge in [0.25, 0.3) is 0 Å². The number of rotatable bonds is 10. The molecule has 0 spiro atoms. The summed E-state index contributed by atoms with van der Waals surface area (Å²) >= 11 is 0. The maximum Gasteiger partial charge on any atom is 0.129 e. The van der Waals surface area contributed by atoms with Crippen LogP contribution in [0.4, 0.5) is 17.1 Å². The number of hydrogen-bond donors (Lipinski definition) is 0. The summed E-state index contributed by atoms with van der Waals surface area (Å²) in [5.41, 5.74) is 13.0. The highest BCUT2D eigenvalue weighted by Gasteiger charge is 2.44. The van der Waals surface area contributed by atoms with Gasteiger partial charge < -0.3 is 9.64 Å². The summed E-state index contributed by atoms with van der Waals surface area (Å²) in [6, 6.07) is 53.0. The Balaban J connectivity index is 1.43. The minimum absolute atomic E-state index is 0.129. The normalized spacial score (nSPS) is 16.1. The van der Waals surface area contributed by atoms with Crippen LogP contribution < -0.4 is 9.64 Å². The maximum absolute atomic E-state index is 6.73. The lowest BCUT2D eigenvalue weighted by Crippen LogP contribution is -2.21. The zero-order chi connectivity index (χ0) is 34.1. The van der Waals surface area contributed by atoms with Gasteiger partial charge in [-0.25, -0.2) is 0 Å². The molecule has 0 radical (unpaired) electrons. The standard InChI is InChI=1S/C48H45NO/c1-4-5-19-32-50-44-33-43(49(35-22-11-7-12-23-35)36-24-13-8-14-25-36)45(39-27-16-15-26-38(39)44)41-31-30-37(34-20-9-6-10-21-34)47-46(41)40-28-17-18-29-42(40)48(47,2)3/h6-18,20-30,33,41H,4-5,19,31-32H2,1-3H3. The highest BCUT2D eigenvalue weighted by Crippen LogP contribution is 2.60. The van der Waals surface area contributed by atoms with Gasteiger partial charge in [0.15, 0.2) is 0 Å². The number of benzene rings is 6. The molecule has 0 saturated carbocycles. The van der Waals surface area contributed by atoms with Crippen LogP contribution in [0.3, 0.4) is 0 Å². The third-order valence-corrected chi connectivity index (χ3v) is 10.7. The van der Waals surface area contributed by atoms with Gasteiger partial charge in [-0.15, -0.1) is 0 Å². The third kappa shape index (κ3) is 5.53. The quantitative estimate of drug-likeness (QED) is 0.137. The zero-order valence-electron chi connectivity index (χ0n) is 29.4. The first-order chi connectivity index (χ1) is 24.6. The second-order valence-electron chi connectivity index (χ2n) is 14.1. The average Bonchev–Trinajstić information content (AvgIpc) is 3.41. The monoisotopic (exact) mass is 651 g/mol. The smallest absolute Gasteiger partial charge is 0.129 e. The van der Waals surface area contributed by atoms with E-state index in [-0.39, 0.29) is 11.3 Å². The van der Waals surface area contributed by atoms with Crippen LogP contribution in [0.1, 0.15) is 74.6 Å². The van der Waals surface area contributed by atoms with Crippen molar-refractivity contribution in [2.45, 2.75) is 57.8 Å². The Hall–Kier alpha value is -5.34. The van der Waals surface area contributed by atoms with Gasteiger partial charge in [0.1, 0.15) is 5.75 Å². The van der Waals surface area contributed by atoms with E-state index in [1.165, 1.54) is 61.9 Å². The molecule has 8 rings (SSSR count). The number of hydrogen-bond acceptors (Lipinski definition) is 2. The minimum Gasteiger partial charge on any atom is -0.493 e. The van der Waals surface area contributed by atoms with Crippen molar-refractivity contribution in [1.82, 2.24) is 0 Å². The second kappa shape index (κ2) is 13.5. The van der Waals surface area contributed by atoms with Gasteiger partial charge in [-0.05, 0) is 81.5 Å². The van der Waals surface area contributed by atoms with Gasteiger partial charge in [0.05, 0.1) is 12.3 Å². The van der Waals surface area contributed by atoms with E-state index in [0.29, 0.717) is 6.61 Å². The lowest BCUT2D eigenvalue weighted by molar-refractivity contribution is 0.310. The number of anilines is 3. The molecule has 0 amide bonds. The molecular formula is C48H45NO. The lowest BCUT2D eigenvalue weighted by Gasteiger charge is -2.36. The number of unbranched alkanes of at least 4 members (excludes halogenated alkanes) is 2. The summed E-state index contributed by atoms with van der Waals surface area (Å²) in [6.45, 7) is 7.78. The molecule has 6 aromatic carbocycles. The number of nitrogens with zero attached hydrogens (tertiary/aromatic N) is 1. The predicted molar refractivity (Wildman–Crippen MR) is 212 cm³/mol. The van der Waals surface area contributed by atoms with Gasteiger partial charge in [-0.1, -0.05) is 155 Å². The summed E-state index contributed by atoms with van der Waals surface area (Å²) in [5, 5.41) is 2.43. The molecule has 0 heterocycles. The molecule has 2 nitrogen and oxygen atoms in total. The van der Waals surface area contributed by atoms with Crippen LogP contribution in [0.25, 0.3) is 21.9 Å². The average molecular weight is 652 g/mol. The highest BCUT2D eigenvalue weighted by atomic mass is 16.5. The Kier molecular flexibility index (Phi) is 8.63. The van der Waals surface area contributed by atoms with Gasteiger partial charge in [-0.2, -0.15) is 0 Å². The summed E-state index contributed by atoms with van der Waals surface area (Å²) in [4.78, 5) is 2.45. The minimum atomic E-state index is -0.150. The fraction of sp³-hybridized carbons (Fsp3) is 0.208. The van der Waals surface area contributed by atoms with E-state index in [1.54, 1.807) is 0 Å². The van der Waals surface area contributed by atoms with Crippen molar-refractivity contribution in [1.29, 1.82) is 0 Å². The van der Waals surface area contributed by atoms with Crippen LogP contribution in [0.2, 0.25) is 0 Å². The van der Waals surface area contributed by atoms with Gasteiger partial charge >= 0.3 is 0 Å². The Morgan fingerprint density at radius 2 is 1.28 bits per heavy atom. The highest BCUT2D eigenvalue weighted by molar-refractivity contribution is 6.05. The molecule has 0 saturated heterocycles. The van der Waals surface area contributed by atoms with Gasteiger partial charge in [0, 0.05) is 34.2 Å². The molecule has 2 heteroatoms. The summed E-state index contributed by atoms with van der Waals surface area (Å²) in [5.74, 6) is 1.08. The van der Waals surface area contributed by atoms with E-state index in [1.807, 2.05) is 0 Å². The van der Waals surface area contributed by atoms with Crippen molar-refractivity contribution < 1.29 is 4.74 Å². The lowest BCUT2D eigenvalue weighted by atomic mass is 9.70. The van der Waals surface area contributed by atoms with E-state index >= 15 is 0 Å². The van der Waals surface area contributed by atoms with E-state index in [9.17, 15) is 0 Å². The molecule has 0 N–H and O–H groups in total. The van der Waals surface area contributed by atoms with Crippen molar-refractivity contribution in [2.75, 3.05) is 11.5 Å². The molecule has 1 unspecified atom stereocenters. The Morgan fingerprint density at radius 1 is 0.680 bits per heavy atom. The molecule has 2 aliphatic rings. The number of allylic oxidation sites excluding steroid dienone is 4. The summed E-state index contributed by atoms with van der Waals surface area (Å²) < 4.78 is 6.73. The van der Waals surface area contributed by atoms with Crippen LogP contribution in [0.15, 0.2) is 157 Å². The van der Waals surface area contributed by atoms with Crippen LogP contribution in [-0.4, -0.2) is 6.61 Å². The maximum atomic E-state index is 6.73. The second-order valence-corrected chi connectivity index (χ2v) is 14.1. The topological polar surface area (TPSA) is 12.5 Å². The molecule has 50 heavy (non-hydrogen) atoms. The van der Waals surface area contributed by atoms with Crippen LogP contribution in [-0.2, 0) is 5.41 Å². The van der Waals surface area contributed by atoms with Crippen LogP contribution in [0, 0.1) is 0 Å². The van der Waals surface area contributed by atoms with Crippen molar-refractivity contribution in [3.05, 3.63) is 179 Å². The van der Waals surface area contributed by atoms with E-state index in [4.69, 9.17) is 4.74 Å². The summed E-state index contributed by atoms with van der Waals surface area (Å²) in [7, 11) is 0. The molecule has 0 aromatic heterocycles. The SMILES string of the molecule is CCCCCOc1cc(N(c2ccccc2)c2ccccc2)c(C2CC=C(c3ccccc3)C3=C2c2ccccc2C3(C)C)c2ccccc12. The number of para-hydroxylation sites is 2. The molecule has 0 aliphatic heterocycles. The number of fused-ring (bicyclic) bond motifs is 3. The predicted octanol–water partition coefficient (Wildman–Crippen LogP) is 13.2. The Bertz CT molecular complexity index is 2150. The van der Waals surface area contributed by atoms with Gasteiger partial charge in [0.2, 0.25) is 0 Å². The zero-order valence-corrected chi connectivity index (χ0v) is 29.4. The first kappa shape index (κ1) is 31.9. The van der Waals surface area contributed by atoms with Crippen molar-refractivity contribution in [3.63, 3.8) is 0 Å². The first-order valence-corrected chi connectivity index (χ1v) is 18.3. The van der Waals surface area contributed by atoms with E-state index in [2.05, 4.69) is 177 Å². The molecule has 1 atom stereocenters. The third-order valence-electron chi connectivity index (χ3n) is 10.7. The van der Waals surface area contributed by atoms with Crippen molar-refractivity contribution >= 4 is 39.0 Å². The first-order valence-electron chi connectivity index (χ1n) is 18.3. The van der Waals surface area contributed by atoms with E-state index in [0.717, 1.165) is 36.4 Å². The Morgan fingerprint density at radius 3 is 1.96 bits per heavy atom. The fourth-order valence-electron chi connectivity index (χ4n) is 8.45. The summed E-state index contributed by atoms with van der Waals surface area (Å²) in [6.07, 6.45) is 6.79. The molecule has 0 fully saturated rings. The molecule has 6 aromatic rings. The molecular weight excluding hydrogens is 607 g/mol. The van der Waals surface area contributed by atoms with Crippen molar-refractivity contribution in [3.8, 4) is 5.75 Å². The van der Waals surface area contributed by atoms with E-state index < -0.39 is 0 Å². The van der Waals surface area contributed by atoms with Crippen molar-refractivity contribution in [2.24, 2.45) is 0 Å². The molecule has 0 bridgehead atoms. The molecule has 2 aliphatic carbocycles. The van der Waals surface area contributed by atoms with Crippen LogP contribution in [0.5, 0.6) is 5.75 Å². The van der Waals surface area contributed by atoms with Crippen LogP contribution >= 0.6 is 0 Å². The fourth-order valence-corrected chi connectivity index (χ4v) is 8.45. The molecule has 248 valence electrons.